The van der Waals surface area contributed by atoms with Crippen molar-refractivity contribution in [2.24, 2.45) is 11.7 Å². The van der Waals surface area contributed by atoms with Crippen LogP contribution in [0.1, 0.15) is 15.9 Å². The summed E-state index contributed by atoms with van der Waals surface area (Å²) in [6.07, 6.45) is -4.78. The van der Waals surface area contributed by atoms with Crippen molar-refractivity contribution in [1.29, 1.82) is 0 Å². The highest BCUT2D eigenvalue weighted by molar-refractivity contribution is 5.98. The summed E-state index contributed by atoms with van der Waals surface area (Å²) in [5.41, 5.74) is 4.11. The van der Waals surface area contributed by atoms with E-state index in [2.05, 4.69) is 0 Å². The van der Waals surface area contributed by atoms with E-state index < -0.39 is 35.3 Å². The third-order valence-electron chi connectivity index (χ3n) is 3.02. The number of hydrogen-bond donors (Lipinski definition) is 1. The van der Waals surface area contributed by atoms with Gasteiger partial charge in [0.2, 0.25) is 0 Å². The summed E-state index contributed by atoms with van der Waals surface area (Å²) < 4.78 is 55.5. The van der Waals surface area contributed by atoms with Gasteiger partial charge in [-0.05, 0) is 12.1 Å². The van der Waals surface area contributed by atoms with Gasteiger partial charge in [-0.3, -0.25) is 4.79 Å². The molecule has 1 aromatic rings. The second-order valence-corrected chi connectivity index (χ2v) is 4.36. The second kappa shape index (κ2) is 4.90. The molecule has 19 heavy (non-hydrogen) atoms. The molecule has 0 bridgehead atoms. The van der Waals surface area contributed by atoms with Crippen LogP contribution < -0.4 is 5.73 Å². The average molecular weight is 277 g/mol. The summed E-state index contributed by atoms with van der Waals surface area (Å²) in [7, 11) is 0. The van der Waals surface area contributed by atoms with Crippen LogP contribution in [0.3, 0.4) is 0 Å². The maximum Gasteiger partial charge on any atom is 0.419 e. The molecule has 0 amide bonds. The number of carbonyl (C=O) groups excluding carboxylic acids is 1. The quantitative estimate of drug-likeness (QED) is 0.664. The van der Waals surface area contributed by atoms with Crippen molar-refractivity contribution in [1.82, 2.24) is 0 Å². The Balaban J connectivity index is 2.27. The van der Waals surface area contributed by atoms with Crippen molar-refractivity contribution in [3.8, 4) is 0 Å². The van der Waals surface area contributed by atoms with Crippen LogP contribution in [0.15, 0.2) is 18.2 Å². The Morgan fingerprint density at radius 3 is 2.47 bits per heavy atom. The Morgan fingerprint density at radius 1 is 1.32 bits per heavy atom. The summed E-state index contributed by atoms with van der Waals surface area (Å²) in [5.74, 6) is -2.61. The predicted octanol–water partition coefficient (Wildman–Crippen LogP) is 2.00. The number of carbonyl (C=O) groups is 1. The van der Waals surface area contributed by atoms with E-state index >= 15 is 0 Å². The van der Waals surface area contributed by atoms with Gasteiger partial charge in [0.15, 0.2) is 5.78 Å². The zero-order chi connectivity index (χ0) is 14.2. The van der Waals surface area contributed by atoms with E-state index in [1.54, 1.807) is 0 Å². The minimum Gasteiger partial charge on any atom is -0.379 e. The van der Waals surface area contributed by atoms with Crippen LogP contribution in [-0.4, -0.2) is 25.0 Å². The molecule has 0 spiro atoms. The lowest BCUT2D eigenvalue weighted by Gasteiger charge is -2.13. The van der Waals surface area contributed by atoms with Crippen LogP contribution in [-0.2, 0) is 10.9 Å². The molecule has 0 aliphatic carbocycles. The van der Waals surface area contributed by atoms with Crippen molar-refractivity contribution >= 4 is 5.78 Å². The summed E-state index contributed by atoms with van der Waals surface area (Å²) in [4.78, 5) is 12.0. The molecular formula is C12H11F4NO2. The molecule has 0 saturated carbocycles. The van der Waals surface area contributed by atoms with E-state index in [0.29, 0.717) is 12.1 Å². The molecule has 7 heteroatoms. The minimum atomic E-state index is -4.78. The standard InChI is InChI=1S/C12H11F4NO2/c13-9-3-6(1-2-8(9)12(14,15)16)11(18)7-4-19-5-10(7)17/h1-3,7,10H,4-5,17H2. The first-order valence-corrected chi connectivity index (χ1v) is 5.55. The predicted molar refractivity (Wildman–Crippen MR) is 58.0 cm³/mol. The lowest BCUT2D eigenvalue weighted by Crippen LogP contribution is -2.34. The van der Waals surface area contributed by atoms with Gasteiger partial charge in [0.1, 0.15) is 5.82 Å². The Labute approximate surface area is 106 Å². The summed E-state index contributed by atoms with van der Waals surface area (Å²) in [6.45, 7) is 0.308. The first kappa shape index (κ1) is 14.0. The molecule has 2 atom stereocenters. The number of ether oxygens (including phenoxy) is 1. The van der Waals surface area contributed by atoms with Gasteiger partial charge in [-0.25, -0.2) is 4.39 Å². The number of hydrogen-bond acceptors (Lipinski definition) is 3. The maximum atomic E-state index is 13.4. The van der Waals surface area contributed by atoms with Crippen molar-refractivity contribution < 1.29 is 27.1 Å². The Hall–Kier alpha value is -1.47. The summed E-state index contributed by atoms with van der Waals surface area (Å²) in [6, 6.07) is 1.59. The number of ketones is 1. The molecule has 2 unspecified atom stereocenters. The highest BCUT2D eigenvalue weighted by Crippen LogP contribution is 2.32. The fourth-order valence-corrected chi connectivity index (χ4v) is 1.95. The molecule has 2 N–H and O–H groups in total. The van der Waals surface area contributed by atoms with Gasteiger partial charge in [0, 0.05) is 11.6 Å². The largest absolute Gasteiger partial charge is 0.419 e. The van der Waals surface area contributed by atoms with Gasteiger partial charge in [-0.15, -0.1) is 0 Å². The summed E-state index contributed by atoms with van der Waals surface area (Å²) >= 11 is 0. The normalized spacial score (nSPS) is 23.6. The van der Waals surface area contributed by atoms with Gasteiger partial charge in [0.25, 0.3) is 0 Å². The zero-order valence-electron chi connectivity index (χ0n) is 9.71. The van der Waals surface area contributed by atoms with E-state index in [-0.39, 0.29) is 18.8 Å². The molecule has 0 radical (unpaired) electrons. The number of nitrogens with two attached hydrogens (primary N) is 1. The minimum absolute atomic E-state index is 0.0998. The zero-order valence-corrected chi connectivity index (χ0v) is 9.71. The fourth-order valence-electron chi connectivity index (χ4n) is 1.95. The number of Topliss-reactive ketones (excluding diaryl/α,β-unsaturated/α-hetero) is 1. The van der Waals surface area contributed by atoms with Crippen LogP contribution in [0.5, 0.6) is 0 Å². The summed E-state index contributed by atoms with van der Waals surface area (Å²) in [5, 5.41) is 0. The highest BCUT2D eigenvalue weighted by Gasteiger charge is 2.36. The topological polar surface area (TPSA) is 52.3 Å². The molecule has 0 aromatic heterocycles. The second-order valence-electron chi connectivity index (χ2n) is 4.36. The number of rotatable bonds is 2. The van der Waals surface area contributed by atoms with Gasteiger partial charge < -0.3 is 10.5 Å². The first-order valence-electron chi connectivity index (χ1n) is 5.55. The SMILES string of the molecule is NC1COCC1C(=O)c1ccc(C(F)(F)F)c(F)c1. The molecule has 1 fully saturated rings. The Morgan fingerprint density at radius 2 is 2.00 bits per heavy atom. The molecule has 104 valence electrons. The van der Waals surface area contributed by atoms with Crippen LogP contribution >= 0.6 is 0 Å². The van der Waals surface area contributed by atoms with E-state index in [0.717, 1.165) is 6.07 Å². The number of halogens is 4. The van der Waals surface area contributed by atoms with Crippen LogP contribution in [0.25, 0.3) is 0 Å². The van der Waals surface area contributed by atoms with E-state index in [1.165, 1.54) is 0 Å². The molecule has 1 heterocycles. The van der Waals surface area contributed by atoms with Gasteiger partial charge in [-0.2, -0.15) is 13.2 Å². The molecule has 2 rings (SSSR count). The molecule has 3 nitrogen and oxygen atoms in total. The smallest absolute Gasteiger partial charge is 0.379 e. The number of benzene rings is 1. The Bertz CT molecular complexity index is 501. The average Bonchev–Trinajstić information content (AvgIpc) is 2.72. The van der Waals surface area contributed by atoms with E-state index in [9.17, 15) is 22.4 Å². The third-order valence-corrected chi connectivity index (χ3v) is 3.02. The van der Waals surface area contributed by atoms with Crippen molar-refractivity contribution in [3.63, 3.8) is 0 Å². The van der Waals surface area contributed by atoms with Crippen molar-refractivity contribution in [3.05, 3.63) is 35.1 Å². The lowest BCUT2D eigenvalue weighted by atomic mass is 9.93. The molecule has 1 aromatic carbocycles. The van der Waals surface area contributed by atoms with Crippen molar-refractivity contribution in [2.75, 3.05) is 13.2 Å². The molecular weight excluding hydrogens is 266 g/mol. The van der Waals surface area contributed by atoms with Crippen LogP contribution in [0.2, 0.25) is 0 Å². The third kappa shape index (κ3) is 2.76. The molecule has 1 saturated heterocycles. The highest BCUT2D eigenvalue weighted by atomic mass is 19.4. The van der Waals surface area contributed by atoms with E-state index in [4.69, 9.17) is 10.5 Å². The van der Waals surface area contributed by atoms with Gasteiger partial charge in [-0.1, -0.05) is 6.07 Å². The van der Waals surface area contributed by atoms with Crippen LogP contribution in [0, 0.1) is 11.7 Å². The monoisotopic (exact) mass is 277 g/mol. The molecule has 1 aliphatic heterocycles. The first-order chi connectivity index (χ1) is 8.80. The number of alkyl halides is 3. The van der Waals surface area contributed by atoms with Crippen LogP contribution in [0.4, 0.5) is 17.6 Å². The lowest BCUT2D eigenvalue weighted by molar-refractivity contribution is -0.140. The van der Waals surface area contributed by atoms with Gasteiger partial charge in [0.05, 0.1) is 24.7 Å². The maximum absolute atomic E-state index is 13.4. The van der Waals surface area contributed by atoms with Gasteiger partial charge >= 0.3 is 6.18 Å². The fraction of sp³-hybridized carbons (Fsp3) is 0.417. The van der Waals surface area contributed by atoms with E-state index in [1.807, 2.05) is 0 Å². The Kier molecular flexibility index (Phi) is 3.60. The molecule has 1 aliphatic rings. The van der Waals surface area contributed by atoms with Crippen molar-refractivity contribution in [2.45, 2.75) is 12.2 Å².